The van der Waals surface area contributed by atoms with Crippen LogP contribution in [0.25, 0.3) is 0 Å². The molecule has 41 heavy (non-hydrogen) atoms. The molecule has 1 aromatic rings. The van der Waals surface area contributed by atoms with Crippen LogP contribution >= 0.6 is 0 Å². The van der Waals surface area contributed by atoms with E-state index in [0.29, 0.717) is 79.3 Å². The lowest BCUT2D eigenvalue weighted by atomic mass is 10.0. The Morgan fingerprint density at radius 3 is 1.41 bits per heavy atom. The van der Waals surface area contributed by atoms with Gasteiger partial charge in [0.25, 0.3) is 10.1 Å². The van der Waals surface area contributed by atoms with Crippen molar-refractivity contribution in [3.8, 4) is 5.75 Å². The zero-order chi connectivity index (χ0) is 29.7. The van der Waals surface area contributed by atoms with Gasteiger partial charge in [0.15, 0.2) is 0 Å². The third kappa shape index (κ3) is 27.3. The predicted molar refractivity (Wildman–Crippen MR) is 160 cm³/mol. The summed E-state index contributed by atoms with van der Waals surface area (Å²) >= 11 is 0. The molecule has 10 nitrogen and oxygen atoms in total. The molecule has 1 rings (SSSR count). The maximum Gasteiger partial charge on any atom is 0.264 e. The largest absolute Gasteiger partial charge is 0.491 e. The normalized spacial score (nSPS) is 11.8. The first-order chi connectivity index (χ1) is 20.0. The van der Waals surface area contributed by atoms with E-state index >= 15 is 0 Å². The molecule has 0 aliphatic rings. The molecule has 0 saturated carbocycles. The first kappa shape index (κ1) is 37.7. The first-order valence-corrected chi connectivity index (χ1v) is 16.8. The summed E-state index contributed by atoms with van der Waals surface area (Å²) in [5.74, 6) is 0.579. The summed E-state index contributed by atoms with van der Waals surface area (Å²) in [6, 6.07) is 8.40. The molecule has 1 N–H and O–H groups in total. The SMILES string of the molecule is CCCCCCCCCc1ccc(OCCOCCOCCOCCOCCOCCOCCCS(=O)(=O)O)cc1. The highest BCUT2D eigenvalue weighted by atomic mass is 32.2. The number of hydrogen-bond donors (Lipinski definition) is 1. The van der Waals surface area contributed by atoms with Gasteiger partial charge in [-0.1, -0.05) is 57.6 Å². The lowest BCUT2D eigenvalue weighted by molar-refractivity contribution is -0.0177. The average molecular weight is 607 g/mol. The van der Waals surface area contributed by atoms with Crippen molar-refractivity contribution in [2.75, 3.05) is 91.6 Å². The minimum atomic E-state index is -3.92. The van der Waals surface area contributed by atoms with Crippen LogP contribution in [0.5, 0.6) is 5.75 Å². The Kier molecular flexibility index (Phi) is 25.3. The molecular formula is C30H54O10S. The Labute approximate surface area is 248 Å². The highest BCUT2D eigenvalue weighted by Crippen LogP contribution is 2.15. The van der Waals surface area contributed by atoms with Gasteiger partial charge in [0.1, 0.15) is 12.4 Å². The van der Waals surface area contributed by atoms with E-state index in [1.807, 2.05) is 12.1 Å². The third-order valence-electron chi connectivity index (χ3n) is 6.04. The number of benzene rings is 1. The quantitative estimate of drug-likeness (QED) is 0.0938. The Bertz CT molecular complexity index is 789. The van der Waals surface area contributed by atoms with Crippen molar-refractivity contribution in [2.45, 2.75) is 64.7 Å². The van der Waals surface area contributed by atoms with Gasteiger partial charge in [0.05, 0.1) is 78.4 Å². The molecule has 0 aliphatic heterocycles. The second-order valence-corrected chi connectivity index (χ2v) is 11.2. The molecule has 11 heteroatoms. The zero-order valence-corrected chi connectivity index (χ0v) is 25.9. The highest BCUT2D eigenvalue weighted by molar-refractivity contribution is 7.85. The maximum atomic E-state index is 10.6. The average Bonchev–Trinajstić information content (AvgIpc) is 2.95. The van der Waals surface area contributed by atoms with Crippen LogP contribution in [0.2, 0.25) is 0 Å². The fourth-order valence-corrected chi connectivity index (χ4v) is 4.28. The summed E-state index contributed by atoms with van der Waals surface area (Å²) < 4.78 is 67.9. The molecule has 0 amide bonds. The first-order valence-electron chi connectivity index (χ1n) is 15.1. The van der Waals surface area contributed by atoms with Gasteiger partial charge >= 0.3 is 0 Å². The fraction of sp³-hybridized carbons (Fsp3) is 0.800. The summed E-state index contributed by atoms with van der Waals surface area (Å²) in [6.07, 6.45) is 10.7. The molecule has 0 saturated heterocycles. The van der Waals surface area contributed by atoms with E-state index in [1.165, 1.54) is 50.5 Å². The molecule has 0 unspecified atom stereocenters. The van der Waals surface area contributed by atoms with Crippen LogP contribution in [0.4, 0.5) is 0 Å². The topological polar surface area (TPSA) is 119 Å². The van der Waals surface area contributed by atoms with Crippen LogP contribution in [-0.4, -0.2) is 105 Å². The second-order valence-electron chi connectivity index (χ2n) is 9.68. The van der Waals surface area contributed by atoms with E-state index in [4.69, 9.17) is 37.7 Å². The van der Waals surface area contributed by atoms with Gasteiger partial charge in [-0.2, -0.15) is 8.42 Å². The number of ether oxygens (including phenoxy) is 7. The smallest absolute Gasteiger partial charge is 0.264 e. The van der Waals surface area contributed by atoms with Gasteiger partial charge in [-0.3, -0.25) is 4.55 Å². The van der Waals surface area contributed by atoms with Gasteiger partial charge in [-0.05, 0) is 37.0 Å². The molecule has 0 bridgehead atoms. The molecule has 1 aromatic carbocycles. The predicted octanol–water partition coefficient (Wildman–Crippen LogP) is 4.74. The van der Waals surface area contributed by atoms with Crippen molar-refractivity contribution in [1.29, 1.82) is 0 Å². The van der Waals surface area contributed by atoms with Crippen molar-refractivity contribution in [1.82, 2.24) is 0 Å². The molecule has 0 heterocycles. The monoisotopic (exact) mass is 606 g/mol. The Morgan fingerprint density at radius 1 is 0.537 bits per heavy atom. The van der Waals surface area contributed by atoms with Crippen LogP contribution in [-0.2, 0) is 45.0 Å². The van der Waals surface area contributed by atoms with Crippen LogP contribution in [0.1, 0.15) is 63.9 Å². The molecule has 0 aromatic heterocycles. The Hall–Kier alpha value is -1.31. The third-order valence-corrected chi connectivity index (χ3v) is 6.84. The molecule has 0 aliphatic carbocycles. The summed E-state index contributed by atoms with van der Waals surface area (Å²) in [5.41, 5.74) is 1.37. The van der Waals surface area contributed by atoms with Gasteiger partial charge in [0.2, 0.25) is 0 Å². The molecule has 0 atom stereocenters. The van der Waals surface area contributed by atoms with Crippen LogP contribution in [0, 0.1) is 0 Å². The van der Waals surface area contributed by atoms with Gasteiger partial charge in [-0.15, -0.1) is 0 Å². The molecule has 0 radical (unpaired) electrons. The van der Waals surface area contributed by atoms with Crippen LogP contribution in [0.3, 0.4) is 0 Å². The highest BCUT2D eigenvalue weighted by Gasteiger charge is 2.03. The van der Waals surface area contributed by atoms with Gasteiger partial charge in [0, 0.05) is 6.61 Å². The second kappa shape index (κ2) is 27.5. The minimum absolute atomic E-state index is 0.255. The number of hydrogen-bond acceptors (Lipinski definition) is 9. The van der Waals surface area contributed by atoms with Crippen molar-refractivity contribution in [3.63, 3.8) is 0 Å². The van der Waals surface area contributed by atoms with Gasteiger partial charge in [-0.25, -0.2) is 0 Å². The Balaban J connectivity index is 1.77. The summed E-state index contributed by atoms with van der Waals surface area (Å²) in [7, 11) is -3.92. The van der Waals surface area contributed by atoms with Crippen molar-refractivity contribution >= 4 is 10.1 Å². The lowest BCUT2D eigenvalue weighted by Crippen LogP contribution is -2.15. The number of unbranched alkanes of at least 4 members (excludes halogenated alkanes) is 6. The fourth-order valence-electron chi connectivity index (χ4n) is 3.80. The Morgan fingerprint density at radius 2 is 0.951 bits per heavy atom. The van der Waals surface area contributed by atoms with E-state index in [9.17, 15) is 8.42 Å². The van der Waals surface area contributed by atoms with E-state index in [1.54, 1.807) is 0 Å². The van der Waals surface area contributed by atoms with E-state index in [-0.39, 0.29) is 18.8 Å². The summed E-state index contributed by atoms with van der Waals surface area (Å²) in [4.78, 5) is 0. The van der Waals surface area contributed by atoms with E-state index < -0.39 is 10.1 Å². The maximum absolute atomic E-state index is 10.6. The summed E-state index contributed by atoms with van der Waals surface area (Å²) in [6.45, 7) is 8.16. The summed E-state index contributed by atoms with van der Waals surface area (Å²) in [5, 5.41) is 0. The standard InChI is InChI=1S/C30H54O10S/c1-2-3-4-5-6-7-8-10-29-11-13-30(14-12-29)40-27-26-39-25-24-38-23-22-37-21-20-36-19-18-35-17-16-34-15-9-28-41(31,32)33/h11-14H,2-10,15-28H2,1H3,(H,31,32,33). The number of aryl methyl sites for hydroxylation is 1. The minimum Gasteiger partial charge on any atom is -0.491 e. The van der Waals surface area contributed by atoms with Crippen molar-refractivity contribution in [2.24, 2.45) is 0 Å². The van der Waals surface area contributed by atoms with Crippen LogP contribution < -0.4 is 4.74 Å². The van der Waals surface area contributed by atoms with E-state index in [2.05, 4.69) is 19.1 Å². The molecule has 240 valence electrons. The van der Waals surface area contributed by atoms with Gasteiger partial charge < -0.3 is 33.2 Å². The molecule has 0 spiro atoms. The molecule has 0 fully saturated rings. The number of rotatable bonds is 31. The lowest BCUT2D eigenvalue weighted by Gasteiger charge is -2.09. The van der Waals surface area contributed by atoms with E-state index in [0.717, 1.165) is 12.2 Å². The van der Waals surface area contributed by atoms with Crippen molar-refractivity contribution in [3.05, 3.63) is 29.8 Å². The van der Waals surface area contributed by atoms with Crippen LogP contribution in [0.15, 0.2) is 24.3 Å². The molecular weight excluding hydrogens is 552 g/mol. The van der Waals surface area contributed by atoms with Crippen molar-refractivity contribution < 1.29 is 46.1 Å². The zero-order valence-electron chi connectivity index (χ0n) is 25.1.